The summed E-state index contributed by atoms with van der Waals surface area (Å²) in [4.78, 5) is 2.08. The van der Waals surface area contributed by atoms with Gasteiger partial charge in [-0.05, 0) is 37.3 Å². The van der Waals surface area contributed by atoms with Crippen LogP contribution in [0.4, 0.5) is 17.1 Å². The molecule has 2 rings (SSSR count). The summed E-state index contributed by atoms with van der Waals surface area (Å²) < 4.78 is 0.996. The molecule has 0 aliphatic carbocycles. The van der Waals surface area contributed by atoms with Gasteiger partial charge in [0.2, 0.25) is 0 Å². The van der Waals surface area contributed by atoms with Gasteiger partial charge in [0.25, 0.3) is 0 Å². The highest BCUT2D eigenvalue weighted by Gasteiger charge is 2.07. The van der Waals surface area contributed by atoms with Gasteiger partial charge in [0.05, 0.1) is 11.4 Å². The molecule has 0 saturated carbocycles. The average Bonchev–Trinajstić information content (AvgIpc) is 2.29. The average molecular weight is 291 g/mol. The number of anilines is 3. The molecule has 0 atom stereocenters. The topological polar surface area (TPSA) is 29.3 Å². The van der Waals surface area contributed by atoms with Crippen LogP contribution >= 0.6 is 15.9 Å². The van der Waals surface area contributed by atoms with E-state index in [1.807, 2.05) is 25.2 Å². The molecule has 2 nitrogen and oxygen atoms in total. The minimum Gasteiger partial charge on any atom is -0.397 e. The first-order valence-corrected chi connectivity index (χ1v) is 6.22. The Morgan fingerprint density at radius 3 is 2.29 bits per heavy atom. The highest BCUT2D eigenvalue weighted by molar-refractivity contribution is 9.10. The number of nitrogens with two attached hydrogens (primary N) is 1. The lowest BCUT2D eigenvalue weighted by atomic mass is 10.2. The van der Waals surface area contributed by atoms with Gasteiger partial charge in [0.1, 0.15) is 0 Å². The summed E-state index contributed by atoms with van der Waals surface area (Å²) in [5.74, 6) is 0. The van der Waals surface area contributed by atoms with Crippen LogP contribution < -0.4 is 10.6 Å². The molecule has 0 bridgehead atoms. The highest BCUT2D eigenvalue weighted by Crippen LogP contribution is 2.30. The summed E-state index contributed by atoms with van der Waals surface area (Å²) in [6.07, 6.45) is 0. The van der Waals surface area contributed by atoms with E-state index >= 15 is 0 Å². The van der Waals surface area contributed by atoms with Crippen LogP contribution in [-0.4, -0.2) is 7.05 Å². The molecule has 0 saturated heterocycles. The number of nitrogens with zero attached hydrogens (tertiary/aromatic N) is 1. The number of benzene rings is 2. The predicted molar refractivity (Wildman–Crippen MR) is 77.8 cm³/mol. The Balaban J connectivity index is 2.36. The molecule has 17 heavy (non-hydrogen) atoms. The summed E-state index contributed by atoms with van der Waals surface area (Å²) >= 11 is 3.41. The molecule has 2 aromatic carbocycles. The van der Waals surface area contributed by atoms with Crippen LogP contribution in [0.25, 0.3) is 0 Å². The lowest BCUT2D eigenvalue weighted by Gasteiger charge is -2.21. The Bertz CT molecular complexity index is 520. The van der Waals surface area contributed by atoms with Gasteiger partial charge in [0, 0.05) is 17.2 Å². The molecule has 0 aliphatic rings. The zero-order valence-electron chi connectivity index (χ0n) is 9.94. The van der Waals surface area contributed by atoms with E-state index in [1.165, 1.54) is 5.56 Å². The van der Waals surface area contributed by atoms with Crippen LogP contribution in [-0.2, 0) is 0 Å². The first-order valence-electron chi connectivity index (χ1n) is 5.43. The second-order valence-corrected chi connectivity index (χ2v) is 5.01. The number of nitrogen functional groups attached to an aromatic ring is 1. The second kappa shape index (κ2) is 4.80. The van der Waals surface area contributed by atoms with E-state index in [9.17, 15) is 0 Å². The molecule has 88 valence electrons. The molecule has 0 radical (unpaired) electrons. The van der Waals surface area contributed by atoms with Crippen molar-refractivity contribution >= 4 is 33.0 Å². The van der Waals surface area contributed by atoms with E-state index in [2.05, 4.69) is 52.0 Å². The molecule has 0 unspecified atom stereocenters. The summed E-state index contributed by atoms with van der Waals surface area (Å²) in [5.41, 5.74) is 10.2. The molecule has 0 heterocycles. The van der Waals surface area contributed by atoms with Crippen LogP contribution in [0.5, 0.6) is 0 Å². The summed E-state index contributed by atoms with van der Waals surface area (Å²) in [6, 6.07) is 14.3. The number of halogens is 1. The maximum Gasteiger partial charge on any atom is 0.0642 e. The normalized spacial score (nSPS) is 10.3. The van der Waals surface area contributed by atoms with E-state index in [1.54, 1.807) is 0 Å². The lowest BCUT2D eigenvalue weighted by Crippen LogP contribution is -2.11. The maximum atomic E-state index is 6.02. The minimum absolute atomic E-state index is 0.766. The number of hydrogen-bond acceptors (Lipinski definition) is 2. The van der Waals surface area contributed by atoms with Crippen molar-refractivity contribution in [3.05, 3.63) is 52.5 Å². The standard InChI is InChI=1S/C14H15BrN2/c1-10-3-6-12(7-4-10)17(2)14-8-5-11(15)9-13(14)16/h3-9H,16H2,1-2H3. The van der Waals surface area contributed by atoms with Crippen molar-refractivity contribution in [2.45, 2.75) is 6.92 Å². The zero-order chi connectivity index (χ0) is 12.4. The van der Waals surface area contributed by atoms with E-state index in [4.69, 9.17) is 5.73 Å². The SMILES string of the molecule is Cc1ccc(N(C)c2ccc(Br)cc2N)cc1. The monoisotopic (exact) mass is 290 g/mol. The maximum absolute atomic E-state index is 6.02. The highest BCUT2D eigenvalue weighted by atomic mass is 79.9. The molecule has 0 aromatic heterocycles. The van der Waals surface area contributed by atoms with E-state index in [-0.39, 0.29) is 0 Å². The van der Waals surface area contributed by atoms with Crippen molar-refractivity contribution in [2.24, 2.45) is 0 Å². The molecule has 2 aromatic rings. The van der Waals surface area contributed by atoms with E-state index < -0.39 is 0 Å². The van der Waals surface area contributed by atoms with Gasteiger partial charge in [-0.15, -0.1) is 0 Å². The van der Waals surface area contributed by atoms with Crippen molar-refractivity contribution < 1.29 is 0 Å². The van der Waals surface area contributed by atoms with Gasteiger partial charge in [-0.2, -0.15) is 0 Å². The number of rotatable bonds is 2. The Hall–Kier alpha value is -1.48. The Kier molecular flexibility index (Phi) is 3.38. The molecule has 2 N–H and O–H groups in total. The lowest BCUT2D eigenvalue weighted by molar-refractivity contribution is 1.21. The fourth-order valence-electron chi connectivity index (χ4n) is 1.74. The smallest absolute Gasteiger partial charge is 0.0642 e. The third-order valence-corrected chi connectivity index (χ3v) is 3.27. The van der Waals surface area contributed by atoms with Gasteiger partial charge >= 0.3 is 0 Å². The third kappa shape index (κ3) is 2.61. The van der Waals surface area contributed by atoms with Gasteiger partial charge in [-0.1, -0.05) is 33.6 Å². The third-order valence-electron chi connectivity index (χ3n) is 2.77. The Labute approximate surface area is 110 Å². The summed E-state index contributed by atoms with van der Waals surface area (Å²) in [5, 5.41) is 0. The van der Waals surface area contributed by atoms with Gasteiger partial charge in [0.15, 0.2) is 0 Å². The van der Waals surface area contributed by atoms with Crippen LogP contribution in [0.2, 0.25) is 0 Å². The number of hydrogen-bond donors (Lipinski definition) is 1. The molecule has 0 spiro atoms. The molecule has 0 fully saturated rings. The quantitative estimate of drug-likeness (QED) is 0.844. The van der Waals surface area contributed by atoms with Crippen LogP contribution in [0, 0.1) is 6.92 Å². The van der Waals surface area contributed by atoms with E-state index in [0.29, 0.717) is 0 Å². The molecular weight excluding hydrogens is 276 g/mol. The zero-order valence-corrected chi connectivity index (χ0v) is 11.5. The predicted octanol–water partition coefficient (Wildman–Crippen LogP) is 4.11. The molecule has 3 heteroatoms. The largest absolute Gasteiger partial charge is 0.397 e. The van der Waals surface area contributed by atoms with Gasteiger partial charge in [-0.25, -0.2) is 0 Å². The van der Waals surface area contributed by atoms with Gasteiger partial charge in [-0.3, -0.25) is 0 Å². The Morgan fingerprint density at radius 1 is 1.06 bits per heavy atom. The first-order chi connectivity index (χ1) is 8.08. The van der Waals surface area contributed by atoms with Crippen molar-refractivity contribution in [3.8, 4) is 0 Å². The van der Waals surface area contributed by atoms with Crippen LogP contribution in [0.3, 0.4) is 0 Å². The first kappa shape index (κ1) is 12.0. The summed E-state index contributed by atoms with van der Waals surface area (Å²) in [6.45, 7) is 2.08. The molecule has 0 aliphatic heterocycles. The van der Waals surface area contributed by atoms with Crippen LogP contribution in [0.15, 0.2) is 46.9 Å². The fourth-order valence-corrected chi connectivity index (χ4v) is 2.12. The Morgan fingerprint density at radius 2 is 1.71 bits per heavy atom. The van der Waals surface area contributed by atoms with Crippen molar-refractivity contribution in [3.63, 3.8) is 0 Å². The molecule has 0 amide bonds. The molecular formula is C14H15BrN2. The van der Waals surface area contributed by atoms with Crippen molar-refractivity contribution in [2.75, 3.05) is 17.7 Å². The van der Waals surface area contributed by atoms with Crippen molar-refractivity contribution in [1.82, 2.24) is 0 Å². The van der Waals surface area contributed by atoms with Crippen LogP contribution in [0.1, 0.15) is 5.56 Å². The van der Waals surface area contributed by atoms with Crippen molar-refractivity contribution in [1.29, 1.82) is 0 Å². The minimum atomic E-state index is 0.766. The summed E-state index contributed by atoms with van der Waals surface area (Å²) in [7, 11) is 2.02. The van der Waals surface area contributed by atoms with E-state index in [0.717, 1.165) is 21.5 Å². The fraction of sp³-hybridized carbons (Fsp3) is 0.143. The second-order valence-electron chi connectivity index (χ2n) is 4.10. The van der Waals surface area contributed by atoms with Gasteiger partial charge < -0.3 is 10.6 Å². The number of aryl methyl sites for hydroxylation is 1.